The molecule has 1 aromatic carbocycles. The third-order valence-electron chi connectivity index (χ3n) is 3.38. The minimum atomic E-state index is -0.189. The van der Waals surface area contributed by atoms with Crippen LogP contribution in [0.15, 0.2) is 30.5 Å². The van der Waals surface area contributed by atoms with Crippen LogP contribution in [0, 0.1) is 11.3 Å². The molecule has 1 heterocycles. The van der Waals surface area contributed by atoms with E-state index in [0.29, 0.717) is 0 Å². The lowest BCUT2D eigenvalue weighted by atomic mass is 9.95. The molecule has 1 aromatic heterocycles. The Labute approximate surface area is 88.7 Å². The molecule has 1 fully saturated rings. The molecule has 0 amide bonds. The van der Waals surface area contributed by atoms with Crippen LogP contribution in [-0.4, -0.2) is 4.57 Å². The van der Waals surface area contributed by atoms with Crippen molar-refractivity contribution in [2.45, 2.75) is 18.3 Å². The molecule has 1 saturated carbocycles. The van der Waals surface area contributed by atoms with E-state index in [2.05, 4.69) is 41.1 Å². The molecule has 0 saturated heterocycles. The van der Waals surface area contributed by atoms with E-state index < -0.39 is 0 Å². The lowest BCUT2D eigenvalue weighted by molar-refractivity contribution is 0.888. The van der Waals surface area contributed by atoms with Gasteiger partial charge in [0.15, 0.2) is 0 Å². The zero-order valence-corrected chi connectivity index (χ0v) is 8.70. The lowest BCUT2D eigenvalue weighted by Gasteiger charge is -2.09. The Kier molecular flexibility index (Phi) is 1.50. The van der Waals surface area contributed by atoms with Crippen LogP contribution < -0.4 is 0 Å². The Balaban J connectivity index is 2.36. The SMILES string of the molecule is Cn1ccc2cccc(C3(C#N)CC3)c21. The predicted molar refractivity (Wildman–Crippen MR) is 59.4 cm³/mol. The van der Waals surface area contributed by atoms with E-state index in [1.807, 2.05) is 7.05 Å². The van der Waals surface area contributed by atoms with Gasteiger partial charge in [0, 0.05) is 13.2 Å². The first-order chi connectivity index (χ1) is 7.27. The summed E-state index contributed by atoms with van der Waals surface area (Å²) in [6.07, 6.45) is 4.07. The maximum Gasteiger partial charge on any atom is 0.0844 e. The Hall–Kier alpha value is -1.75. The number of nitriles is 1. The lowest BCUT2D eigenvalue weighted by Crippen LogP contribution is -2.05. The molecular formula is C13H12N2. The number of hydrogen-bond acceptors (Lipinski definition) is 1. The second kappa shape index (κ2) is 2.64. The van der Waals surface area contributed by atoms with E-state index >= 15 is 0 Å². The topological polar surface area (TPSA) is 28.7 Å². The average molecular weight is 196 g/mol. The molecule has 2 heteroatoms. The van der Waals surface area contributed by atoms with Gasteiger partial charge in [0.1, 0.15) is 0 Å². The van der Waals surface area contributed by atoms with Crippen molar-refractivity contribution in [2.24, 2.45) is 7.05 Å². The third kappa shape index (κ3) is 1.04. The normalized spacial score (nSPS) is 17.6. The summed E-state index contributed by atoms with van der Waals surface area (Å²) in [6.45, 7) is 0. The van der Waals surface area contributed by atoms with Gasteiger partial charge in [0.2, 0.25) is 0 Å². The Bertz CT molecular complexity index is 568. The molecule has 74 valence electrons. The van der Waals surface area contributed by atoms with Crippen molar-refractivity contribution in [2.75, 3.05) is 0 Å². The molecule has 15 heavy (non-hydrogen) atoms. The summed E-state index contributed by atoms with van der Waals surface area (Å²) in [5.74, 6) is 0. The van der Waals surface area contributed by atoms with Gasteiger partial charge in [0.05, 0.1) is 17.0 Å². The smallest absolute Gasteiger partial charge is 0.0844 e. The summed E-state index contributed by atoms with van der Waals surface area (Å²) in [4.78, 5) is 0. The maximum atomic E-state index is 9.24. The molecule has 0 aliphatic heterocycles. The van der Waals surface area contributed by atoms with E-state index in [1.54, 1.807) is 0 Å². The number of aryl methyl sites for hydroxylation is 1. The Morgan fingerprint density at radius 1 is 1.33 bits per heavy atom. The molecule has 2 nitrogen and oxygen atoms in total. The quantitative estimate of drug-likeness (QED) is 0.689. The fourth-order valence-electron chi connectivity index (χ4n) is 2.31. The zero-order valence-electron chi connectivity index (χ0n) is 8.70. The van der Waals surface area contributed by atoms with E-state index in [-0.39, 0.29) is 5.41 Å². The number of rotatable bonds is 1. The molecule has 1 aliphatic rings. The van der Waals surface area contributed by atoms with Gasteiger partial charge >= 0.3 is 0 Å². The van der Waals surface area contributed by atoms with Crippen molar-refractivity contribution in [1.29, 1.82) is 5.26 Å². The number of para-hydroxylation sites is 1. The van der Waals surface area contributed by atoms with E-state index in [0.717, 1.165) is 12.8 Å². The van der Waals surface area contributed by atoms with Crippen LogP contribution >= 0.6 is 0 Å². The first-order valence-corrected chi connectivity index (χ1v) is 5.23. The highest BCUT2D eigenvalue weighted by Gasteiger charge is 2.46. The Morgan fingerprint density at radius 2 is 2.13 bits per heavy atom. The van der Waals surface area contributed by atoms with Gasteiger partial charge in [-0.25, -0.2) is 0 Å². The van der Waals surface area contributed by atoms with Crippen LogP contribution in [-0.2, 0) is 12.5 Å². The number of benzene rings is 1. The Morgan fingerprint density at radius 3 is 2.80 bits per heavy atom. The first-order valence-electron chi connectivity index (χ1n) is 5.23. The first kappa shape index (κ1) is 8.55. The maximum absolute atomic E-state index is 9.24. The van der Waals surface area contributed by atoms with E-state index in [4.69, 9.17) is 0 Å². The molecule has 0 N–H and O–H groups in total. The number of nitrogens with zero attached hydrogens (tertiary/aromatic N) is 2. The second-order valence-electron chi connectivity index (χ2n) is 4.36. The fraction of sp³-hybridized carbons (Fsp3) is 0.308. The molecule has 0 unspecified atom stereocenters. The molecule has 2 aromatic rings. The molecule has 0 atom stereocenters. The predicted octanol–water partition coefficient (Wildman–Crippen LogP) is 2.73. The van der Waals surface area contributed by atoms with Crippen LogP contribution in [0.3, 0.4) is 0 Å². The minimum Gasteiger partial charge on any atom is -0.350 e. The third-order valence-corrected chi connectivity index (χ3v) is 3.38. The summed E-state index contributed by atoms with van der Waals surface area (Å²) in [5, 5.41) is 10.5. The summed E-state index contributed by atoms with van der Waals surface area (Å²) < 4.78 is 2.11. The van der Waals surface area contributed by atoms with Gasteiger partial charge in [-0.05, 0) is 29.9 Å². The average Bonchev–Trinajstić information content (AvgIpc) is 2.98. The van der Waals surface area contributed by atoms with Gasteiger partial charge in [-0.2, -0.15) is 5.26 Å². The van der Waals surface area contributed by atoms with Crippen molar-refractivity contribution in [3.8, 4) is 6.07 Å². The molecule has 0 bridgehead atoms. The summed E-state index contributed by atoms with van der Waals surface area (Å²) in [5.41, 5.74) is 2.23. The highest BCUT2D eigenvalue weighted by Crippen LogP contribution is 2.49. The fourth-order valence-corrected chi connectivity index (χ4v) is 2.31. The van der Waals surface area contributed by atoms with Gasteiger partial charge in [-0.3, -0.25) is 0 Å². The monoisotopic (exact) mass is 196 g/mol. The zero-order chi connectivity index (χ0) is 10.5. The molecule has 0 spiro atoms. The van der Waals surface area contributed by atoms with Gasteiger partial charge in [-0.15, -0.1) is 0 Å². The standard InChI is InChI=1S/C13H12N2/c1-15-8-5-10-3-2-4-11(12(10)15)13(9-14)6-7-13/h2-5,8H,6-7H2,1H3. The van der Waals surface area contributed by atoms with Gasteiger partial charge < -0.3 is 4.57 Å². The molecule has 3 rings (SSSR count). The summed E-state index contributed by atoms with van der Waals surface area (Å²) in [6, 6.07) is 10.8. The van der Waals surface area contributed by atoms with Crippen LogP contribution in [0.4, 0.5) is 0 Å². The highest BCUT2D eigenvalue weighted by molar-refractivity contribution is 5.85. The second-order valence-corrected chi connectivity index (χ2v) is 4.36. The van der Waals surface area contributed by atoms with E-state index in [1.165, 1.54) is 16.5 Å². The molecule has 0 radical (unpaired) electrons. The minimum absolute atomic E-state index is 0.189. The molecular weight excluding hydrogens is 184 g/mol. The largest absolute Gasteiger partial charge is 0.350 e. The van der Waals surface area contributed by atoms with Crippen LogP contribution in [0.5, 0.6) is 0 Å². The van der Waals surface area contributed by atoms with Crippen LogP contribution in [0.25, 0.3) is 10.9 Å². The molecule has 1 aliphatic carbocycles. The van der Waals surface area contributed by atoms with Gasteiger partial charge in [0.25, 0.3) is 0 Å². The van der Waals surface area contributed by atoms with Gasteiger partial charge in [-0.1, -0.05) is 18.2 Å². The summed E-state index contributed by atoms with van der Waals surface area (Å²) >= 11 is 0. The van der Waals surface area contributed by atoms with Crippen LogP contribution in [0.1, 0.15) is 18.4 Å². The highest BCUT2D eigenvalue weighted by atomic mass is 14.9. The van der Waals surface area contributed by atoms with E-state index in [9.17, 15) is 5.26 Å². The number of hydrogen-bond donors (Lipinski definition) is 0. The van der Waals surface area contributed by atoms with Crippen molar-refractivity contribution in [1.82, 2.24) is 4.57 Å². The van der Waals surface area contributed by atoms with Crippen molar-refractivity contribution >= 4 is 10.9 Å². The number of fused-ring (bicyclic) bond motifs is 1. The summed E-state index contributed by atoms with van der Waals surface area (Å²) in [7, 11) is 2.04. The van der Waals surface area contributed by atoms with Crippen molar-refractivity contribution in [3.05, 3.63) is 36.0 Å². The number of aromatic nitrogens is 1. The van der Waals surface area contributed by atoms with Crippen molar-refractivity contribution < 1.29 is 0 Å². The van der Waals surface area contributed by atoms with Crippen LogP contribution in [0.2, 0.25) is 0 Å². The van der Waals surface area contributed by atoms with Crippen molar-refractivity contribution in [3.63, 3.8) is 0 Å².